The number of amides is 1. The summed E-state index contributed by atoms with van der Waals surface area (Å²) < 4.78 is 34.3. The average Bonchev–Trinajstić information content (AvgIpc) is 2.72. The van der Waals surface area contributed by atoms with Crippen LogP contribution in [0.3, 0.4) is 0 Å². The van der Waals surface area contributed by atoms with Gasteiger partial charge in [0, 0.05) is 6.42 Å². The standard InChI is InChI=1S/C66H117NO18/c1-3-5-7-9-11-13-15-17-18-19-20-21-22-23-24-25-26-27-28-29-30-32-34-36-38-40-42-44-54(72)67-49(50(71)43-41-39-37-35-33-31-16-14-12-10-8-6-4-2)48-80-64-60(78)57(75)62(52(46-69)82-64)85-66-61(79)58(76)63(53(47-70)83-66)84-65-59(77)56(74)55(73)51(45-68)81-65/h5,7,11,13,17-18,20-21,41,43,49-53,55-66,68-71,73-79H,3-4,6,8-10,12,14-16,19,22-40,42,44-48H2,1-2H3,(H,67,72)/b7-5-,13-11-,18-17-,21-20-,43-41+. The minimum atomic E-state index is -1.98. The van der Waals surface area contributed by atoms with Gasteiger partial charge in [-0.2, -0.15) is 0 Å². The van der Waals surface area contributed by atoms with Crippen LogP contribution in [0, 0.1) is 0 Å². The fourth-order valence-electron chi connectivity index (χ4n) is 10.9. The van der Waals surface area contributed by atoms with Crippen LogP contribution in [0.4, 0.5) is 0 Å². The Kier molecular flexibility index (Phi) is 43.7. The number of carbonyl (C=O) groups is 1. The molecule has 0 spiro atoms. The summed E-state index contributed by atoms with van der Waals surface area (Å²) in [6.07, 6.45) is 30.6. The van der Waals surface area contributed by atoms with Crippen LogP contribution < -0.4 is 5.32 Å². The van der Waals surface area contributed by atoms with Crippen LogP contribution in [-0.4, -0.2) is 193 Å². The molecular weight excluding hydrogens is 1090 g/mol. The number of carbonyl (C=O) groups excluding carboxylic acids is 1. The van der Waals surface area contributed by atoms with Crippen molar-refractivity contribution in [2.45, 2.75) is 324 Å². The number of hydrogen-bond donors (Lipinski definition) is 12. The Morgan fingerprint density at radius 1 is 0.435 bits per heavy atom. The lowest BCUT2D eigenvalue weighted by atomic mass is 9.96. The van der Waals surface area contributed by atoms with E-state index >= 15 is 0 Å². The van der Waals surface area contributed by atoms with Crippen molar-refractivity contribution < 1.29 is 89.4 Å². The Balaban J connectivity index is 1.42. The molecule has 0 bridgehead atoms. The third-order valence-corrected chi connectivity index (χ3v) is 16.3. The van der Waals surface area contributed by atoms with Crippen molar-refractivity contribution in [2.24, 2.45) is 0 Å². The monoisotopic (exact) mass is 1210 g/mol. The summed E-state index contributed by atoms with van der Waals surface area (Å²) in [5.41, 5.74) is 0. The Morgan fingerprint density at radius 3 is 1.27 bits per heavy atom. The molecule has 0 aromatic heterocycles. The normalized spacial score (nSPS) is 29.4. The molecule has 0 aliphatic carbocycles. The number of aliphatic hydroxyl groups is 11. The predicted molar refractivity (Wildman–Crippen MR) is 328 cm³/mol. The first-order chi connectivity index (χ1) is 41.3. The minimum Gasteiger partial charge on any atom is -0.394 e. The molecule has 19 heteroatoms. The third-order valence-electron chi connectivity index (χ3n) is 16.3. The van der Waals surface area contributed by atoms with E-state index in [2.05, 4.69) is 67.8 Å². The first kappa shape index (κ1) is 76.7. The average molecular weight is 1210 g/mol. The molecule has 12 N–H and O–H groups in total. The summed E-state index contributed by atoms with van der Waals surface area (Å²) in [4.78, 5) is 13.4. The largest absolute Gasteiger partial charge is 0.394 e. The van der Waals surface area contributed by atoms with Gasteiger partial charge >= 0.3 is 0 Å². The molecule has 0 aromatic rings. The highest BCUT2D eigenvalue weighted by Gasteiger charge is 2.53. The molecule has 85 heavy (non-hydrogen) atoms. The van der Waals surface area contributed by atoms with E-state index in [9.17, 15) is 61.0 Å². The summed E-state index contributed by atoms with van der Waals surface area (Å²) in [6, 6.07) is -0.974. The molecule has 494 valence electrons. The maximum atomic E-state index is 13.4. The first-order valence-corrected chi connectivity index (χ1v) is 33.0. The second-order valence-electron chi connectivity index (χ2n) is 23.6. The molecule has 17 unspecified atom stereocenters. The minimum absolute atomic E-state index is 0.241. The van der Waals surface area contributed by atoms with E-state index in [1.54, 1.807) is 6.08 Å². The molecule has 0 saturated carbocycles. The van der Waals surface area contributed by atoms with Crippen LogP contribution in [0.1, 0.15) is 219 Å². The van der Waals surface area contributed by atoms with Gasteiger partial charge in [0.2, 0.25) is 5.91 Å². The first-order valence-electron chi connectivity index (χ1n) is 33.0. The van der Waals surface area contributed by atoms with Gasteiger partial charge in [-0.15, -0.1) is 0 Å². The van der Waals surface area contributed by atoms with E-state index in [1.807, 2.05) is 6.08 Å². The van der Waals surface area contributed by atoms with Crippen molar-refractivity contribution >= 4 is 5.91 Å². The molecule has 0 aromatic carbocycles. The predicted octanol–water partition coefficient (Wildman–Crippen LogP) is 7.60. The highest BCUT2D eigenvalue weighted by atomic mass is 16.8. The zero-order valence-corrected chi connectivity index (χ0v) is 51.8. The van der Waals surface area contributed by atoms with E-state index in [1.165, 1.54) is 116 Å². The van der Waals surface area contributed by atoms with Crippen molar-refractivity contribution in [3.05, 3.63) is 60.8 Å². The Hall–Kier alpha value is -2.51. The number of nitrogens with one attached hydrogen (secondary N) is 1. The number of ether oxygens (including phenoxy) is 6. The SMILES string of the molecule is CC/C=C\C/C=C\C/C=C\C/C=C\CCCCCCCCCCCCCCCCC(=O)NC(COC1OC(CO)C(OC2OC(CO)C(OC3OC(CO)C(O)C(O)C3O)C(O)C2O)C(O)C1O)C(O)/C=C/CCCCCCCCCCCCC. The zero-order valence-electron chi connectivity index (χ0n) is 51.8. The number of aliphatic hydroxyl groups excluding tert-OH is 11. The maximum Gasteiger partial charge on any atom is 0.220 e. The van der Waals surface area contributed by atoms with Crippen molar-refractivity contribution in [3.63, 3.8) is 0 Å². The zero-order chi connectivity index (χ0) is 61.9. The highest BCUT2D eigenvalue weighted by molar-refractivity contribution is 5.76. The second kappa shape index (κ2) is 48.4. The van der Waals surface area contributed by atoms with Gasteiger partial charge in [-0.25, -0.2) is 0 Å². The number of unbranched alkanes of at least 4 members (excludes halogenated alkanes) is 25. The highest BCUT2D eigenvalue weighted by Crippen LogP contribution is 2.33. The van der Waals surface area contributed by atoms with Crippen LogP contribution in [0.5, 0.6) is 0 Å². The number of hydrogen-bond acceptors (Lipinski definition) is 18. The van der Waals surface area contributed by atoms with Gasteiger partial charge in [0.1, 0.15) is 73.2 Å². The van der Waals surface area contributed by atoms with Crippen molar-refractivity contribution in [1.29, 1.82) is 0 Å². The van der Waals surface area contributed by atoms with Gasteiger partial charge in [0.05, 0.1) is 38.6 Å². The van der Waals surface area contributed by atoms with Gasteiger partial charge in [0.25, 0.3) is 0 Å². The molecule has 3 saturated heterocycles. The Morgan fingerprint density at radius 2 is 0.812 bits per heavy atom. The molecular formula is C66H117NO18. The smallest absolute Gasteiger partial charge is 0.220 e. The summed E-state index contributed by atoms with van der Waals surface area (Å²) >= 11 is 0. The summed E-state index contributed by atoms with van der Waals surface area (Å²) in [6.45, 7) is 1.60. The summed E-state index contributed by atoms with van der Waals surface area (Å²) in [5.74, 6) is -0.278. The molecule has 0 radical (unpaired) electrons. The topological polar surface area (TPSA) is 307 Å². The van der Waals surface area contributed by atoms with Gasteiger partial charge in [-0.1, -0.05) is 216 Å². The quantitative estimate of drug-likeness (QED) is 0.0206. The van der Waals surface area contributed by atoms with Gasteiger partial charge < -0.3 is 89.9 Å². The van der Waals surface area contributed by atoms with E-state index in [4.69, 9.17) is 28.4 Å². The lowest BCUT2D eigenvalue weighted by molar-refractivity contribution is -0.379. The molecule has 19 nitrogen and oxygen atoms in total. The van der Waals surface area contributed by atoms with Crippen LogP contribution in [0.2, 0.25) is 0 Å². The van der Waals surface area contributed by atoms with Gasteiger partial charge in [0.15, 0.2) is 18.9 Å². The van der Waals surface area contributed by atoms with Crippen molar-refractivity contribution in [1.82, 2.24) is 5.32 Å². The molecule has 17 atom stereocenters. The molecule has 3 fully saturated rings. The van der Waals surface area contributed by atoms with Crippen LogP contribution in [0.25, 0.3) is 0 Å². The van der Waals surface area contributed by atoms with Gasteiger partial charge in [-0.3, -0.25) is 4.79 Å². The second-order valence-corrected chi connectivity index (χ2v) is 23.6. The van der Waals surface area contributed by atoms with Crippen LogP contribution in [-0.2, 0) is 33.2 Å². The summed E-state index contributed by atoms with van der Waals surface area (Å²) in [7, 11) is 0. The van der Waals surface area contributed by atoms with Crippen molar-refractivity contribution in [2.75, 3.05) is 26.4 Å². The fourth-order valence-corrected chi connectivity index (χ4v) is 10.9. The summed E-state index contributed by atoms with van der Waals surface area (Å²) in [5, 5.41) is 120. The lowest BCUT2D eigenvalue weighted by Gasteiger charge is -2.48. The van der Waals surface area contributed by atoms with Crippen molar-refractivity contribution in [3.8, 4) is 0 Å². The number of allylic oxidation sites excluding steroid dienone is 9. The molecule has 1 amide bonds. The van der Waals surface area contributed by atoms with E-state index in [0.717, 1.165) is 77.0 Å². The third kappa shape index (κ3) is 31.2. The van der Waals surface area contributed by atoms with Gasteiger partial charge in [-0.05, 0) is 57.8 Å². The molecule has 3 aliphatic heterocycles. The van der Waals surface area contributed by atoms with Crippen LogP contribution in [0.15, 0.2) is 60.8 Å². The molecule has 3 aliphatic rings. The lowest BCUT2D eigenvalue weighted by Crippen LogP contribution is -2.66. The van der Waals surface area contributed by atoms with Crippen LogP contribution >= 0.6 is 0 Å². The van der Waals surface area contributed by atoms with E-state index < -0.39 is 124 Å². The number of rotatable bonds is 49. The Labute approximate surface area is 509 Å². The molecule has 3 heterocycles. The maximum absolute atomic E-state index is 13.4. The van der Waals surface area contributed by atoms with E-state index in [-0.39, 0.29) is 18.9 Å². The van der Waals surface area contributed by atoms with E-state index in [0.29, 0.717) is 6.42 Å². The fraction of sp³-hybridized carbons (Fsp3) is 0.833. The Bertz CT molecular complexity index is 1780. The molecule has 3 rings (SSSR count).